The lowest BCUT2D eigenvalue weighted by atomic mass is 10.1. The number of hydrogen-bond donors (Lipinski definition) is 2. The van der Waals surface area contributed by atoms with Crippen LogP contribution in [0, 0.1) is 0 Å². The van der Waals surface area contributed by atoms with Gasteiger partial charge in [-0.05, 0) is 17.7 Å². The molecule has 0 saturated carbocycles. The van der Waals surface area contributed by atoms with Crippen molar-refractivity contribution in [3.05, 3.63) is 54.1 Å². The van der Waals surface area contributed by atoms with Crippen LogP contribution in [0.4, 0.5) is 0 Å². The van der Waals surface area contributed by atoms with Gasteiger partial charge in [-0.1, -0.05) is 36.4 Å². The second-order valence-corrected chi connectivity index (χ2v) is 7.40. The Morgan fingerprint density at radius 1 is 1.05 bits per heavy atom. The molecule has 1 aromatic heterocycles. The molecule has 0 unspecified atom stereocenters. The van der Waals surface area contributed by atoms with E-state index in [9.17, 15) is 14.4 Å². The third-order valence-corrected chi connectivity index (χ3v) is 5.77. The molecule has 0 radical (unpaired) electrons. The zero-order valence-electron chi connectivity index (χ0n) is 10.9. The summed E-state index contributed by atoms with van der Waals surface area (Å²) in [6, 6.07) is 15.2. The first-order chi connectivity index (χ1) is 10.1. The van der Waals surface area contributed by atoms with Gasteiger partial charge in [-0.15, -0.1) is 11.8 Å². The van der Waals surface area contributed by atoms with Crippen molar-refractivity contribution in [3.8, 4) is 11.3 Å². The van der Waals surface area contributed by atoms with Gasteiger partial charge in [0.05, 0.1) is 11.2 Å². The molecule has 106 valence electrons. The van der Waals surface area contributed by atoms with Crippen LogP contribution in [0.3, 0.4) is 0 Å². The molecule has 0 bridgehead atoms. The number of aromatic nitrogens is 1. The summed E-state index contributed by atoms with van der Waals surface area (Å²) >= 11 is 1.70. The van der Waals surface area contributed by atoms with Crippen LogP contribution in [-0.4, -0.2) is 14.1 Å². The summed E-state index contributed by atoms with van der Waals surface area (Å²) in [5, 5.41) is 0.915. The first kappa shape index (κ1) is 13.2. The van der Waals surface area contributed by atoms with Crippen LogP contribution in [0.2, 0.25) is 0 Å². The molecule has 1 aliphatic rings. The summed E-state index contributed by atoms with van der Waals surface area (Å²) in [6.45, 7) is 0. The van der Waals surface area contributed by atoms with Crippen LogP contribution in [0.25, 0.3) is 22.2 Å². The molecule has 4 rings (SSSR count). The van der Waals surface area contributed by atoms with Crippen molar-refractivity contribution in [3.63, 3.8) is 0 Å². The fourth-order valence-electron chi connectivity index (χ4n) is 2.92. The maximum Gasteiger partial charge on any atom is 0.434 e. The van der Waals surface area contributed by atoms with Crippen molar-refractivity contribution in [2.45, 2.75) is 10.6 Å². The van der Waals surface area contributed by atoms with Crippen molar-refractivity contribution in [1.82, 2.24) is 4.34 Å². The van der Waals surface area contributed by atoms with Crippen molar-refractivity contribution < 1.29 is 14.4 Å². The highest BCUT2D eigenvalue weighted by atomic mass is 32.2. The minimum absolute atomic E-state index is 0.591. The molecular weight excluding hydrogens is 305 g/mol. The standard InChI is InChI=1S/C15H12NO3PS/c17-20(18,19)16-13-7-3-1-5-10(13)12-9-21-14-8-4-2-6-11(14)15(12)16/h1-8H,9H2,(H2,17,18,19). The zero-order valence-corrected chi connectivity index (χ0v) is 12.6. The Kier molecular flexibility index (Phi) is 2.81. The smallest absolute Gasteiger partial charge is 0.308 e. The van der Waals surface area contributed by atoms with Gasteiger partial charge in [-0.25, -0.2) is 8.90 Å². The van der Waals surface area contributed by atoms with Gasteiger partial charge in [0, 0.05) is 21.6 Å². The van der Waals surface area contributed by atoms with Crippen molar-refractivity contribution in [2.24, 2.45) is 0 Å². The normalized spacial score (nSPS) is 14.0. The zero-order chi connectivity index (χ0) is 14.6. The van der Waals surface area contributed by atoms with Gasteiger partial charge in [0.1, 0.15) is 0 Å². The van der Waals surface area contributed by atoms with Crippen LogP contribution >= 0.6 is 19.5 Å². The Morgan fingerprint density at radius 3 is 2.57 bits per heavy atom. The molecule has 4 nitrogen and oxygen atoms in total. The van der Waals surface area contributed by atoms with E-state index >= 15 is 0 Å². The Labute approximate surface area is 125 Å². The molecule has 2 N–H and O–H groups in total. The monoisotopic (exact) mass is 317 g/mol. The Bertz CT molecular complexity index is 912. The topological polar surface area (TPSA) is 62.5 Å². The van der Waals surface area contributed by atoms with E-state index in [1.54, 1.807) is 23.9 Å². The van der Waals surface area contributed by atoms with E-state index in [1.165, 1.54) is 4.34 Å². The second kappa shape index (κ2) is 4.49. The van der Waals surface area contributed by atoms with E-state index < -0.39 is 7.75 Å². The van der Waals surface area contributed by atoms with Gasteiger partial charge >= 0.3 is 7.75 Å². The average molecular weight is 317 g/mol. The van der Waals surface area contributed by atoms with E-state index in [0.29, 0.717) is 11.2 Å². The van der Waals surface area contributed by atoms with Gasteiger partial charge < -0.3 is 9.79 Å². The summed E-state index contributed by atoms with van der Waals surface area (Å²) in [7, 11) is -4.42. The van der Waals surface area contributed by atoms with Crippen LogP contribution in [0.15, 0.2) is 53.4 Å². The van der Waals surface area contributed by atoms with E-state index in [2.05, 4.69) is 0 Å². The summed E-state index contributed by atoms with van der Waals surface area (Å²) in [5.41, 5.74) is 3.13. The minimum atomic E-state index is -4.42. The maximum absolute atomic E-state index is 12.0. The highest BCUT2D eigenvalue weighted by Crippen LogP contribution is 2.52. The highest BCUT2D eigenvalue weighted by molar-refractivity contribution is 7.98. The van der Waals surface area contributed by atoms with Crippen molar-refractivity contribution in [2.75, 3.05) is 0 Å². The SMILES string of the molecule is O=P(O)(O)n1c2c(c3ccccc31)CSc1ccccc1-2. The lowest BCUT2D eigenvalue weighted by molar-refractivity contribution is 0.363. The summed E-state index contributed by atoms with van der Waals surface area (Å²) in [5.74, 6) is 0.722. The fraction of sp³-hybridized carbons (Fsp3) is 0.0667. The number of fused-ring (bicyclic) bond motifs is 5. The molecule has 2 heterocycles. The largest absolute Gasteiger partial charge is 0.434 e. The molecule has 21 heavy (non-hydrogen) atoms. The molecule has 0 amide bonds. The van der Waals surface area contributed by atoms with Crippen LogP contribution in [-0.2, 0) is 10.3 Å². The van der Waals surface area contributed by atoms with Crippen LogP contribution in [0.5, 0.6) is 0 Å². The lowest BCUT2D eigenvalue weighted by Gasteiger charge is -2.19. The van der Waals surface area contributed by atoms with Gasteiger partial charge in [-0.2, -0.15) is 0 Å². The number of thioether (sulfide) groups is 1. The predicted molar refractivity (Wildman–Crippen MR) is 84.4 cm³/mol. The first-order valence-electron chi connectivity index (χ1n) is 6.48. The van der Waals surface area contributed by atoms with E-state index in [1.807, 2.05) is 36.4 Å². The van der Waals surface area contributed by atoms with Gasteiger partial charge in [-0.3, -0.25) is 0 Å². The number of rotatable bonds is 1. The summed E-state index contributed by atoms with van der Waals surface area (Å²) < 4.78 is 13.2. The van der Waals surface area contributed by atoms with Crippen LogP contribution < -0.4 is 0 Å². The van der Waals surface area contributed by atoms with Crippen molar-refractivity contribution >= 4 is 30.4 Å². The Hall–Kier alpha value is -1.52. The van der Waals surface area contributed by atoms with Crippen molar-refractivity contribution in [1.29, 1.82) is 0 Å². The molecule has 0 spiro atoms. The second-order valence-electron chi connectivity index (χ2n) is 4.95. The third kappa shape index (κ3) is 1.89. The molecular formula is C15H12NO3PS. The van der Waals surface area contributed by atoms with E-state index in [-0.39, 0.29) is 0 Å². The quantitative estimate of drug-likeness (QED) is 0.669. The molecule has 1 aliphatic heterocycles. The lowest BCUT2D eigenvalue weighted by Crippen LogP contribution is -2.02. The molecule has 0 aliphatic carbocycles. The Balaban J connectivity index is 2.21. The number of benzene rings is 2. The van der Waals surface area contributed by atoms with Gasteiger partial charge in [0.15, 0.2) is 0 Å². The molecule has 3 aromatic rings. The molecule has 0 saturated heterocycles. The predicted octanol–water partition coefficient (Wildman–Crippen LogP) is 3.85. The molecule has 2 aromatic carbocycles. The number of nitrogens with zero attached hydrogens (tertiary/aromatic N) is 1. The molecule has 6 heteroatoms. The molecule has 0 fully saturated rings. The van der Waals surface area contributed by atoms with E-state index in [4.69, 9.17) is 0 Å². The Morgan fingerprint density at radius 2 is 1.76 bits per heavy atom. The van der Waals surface area contributed by atoms with Gasteiger partial charge in [0.2, 0.25) is 0 Å². The van der Waals surface area contributed by atoms with E-state index in [0.717, 1.165) is 27.2 Å². The average Bonchev–Trinajstić information content (AvgIpc) is 2.82. The maximum atomic E-state index is 12.0. The van der Waals surface area contributed by atoms with Gasteiger partial charge in [0.25, 0.3) is 0 Å². The molecule has 0 atom stereocenters. The van der Waals surface area contributed by atoms with Crippen LogP contribution in [0.1, 0.15) is 5.56 Å². The fourth-order valence-corrected chi connectivity index (χ4v) is 4.95. The number of para-hydroxylation sites is 1. The number of hydrogen-bond acceptors (Lipinski definition) is 2. The summed E-state index contributed by atoms with van der Waals surface area (Å²) in [6.07, 6.45) is 0. The third-order valence-electron chi connectivity index (χ3n) is 3.73. The summed E-state index contributed by atoms with van der Waals surface area (Å²) in [4.78, 5) is 20.7. The highest BCUT2D eigenvalue weighted by Gasteiger charge is 2.31. The first-order valence-corrected chi connectivity index (χ1v) is 9.03. The minimum Gasteiger partial charge on any atom is -0.308 e.